The summed E-state index contributed by atoms with van der Waals surface area (Å²) in [6.45, 7) is 9.78. The SMILES string of the molecule is CC(=O)SCC1CC(=O)N(CCc2ccc(C(C)(C)C)cc2)C1. The van der Waals surface area contributed by atoms with Crippen molar-refractivity contribution in [2.75, 3.05) is 18.8 Å². The van der Waals surface area contributed by atoms with E-state index in [2.05, 4.69) is 45.0 Å². The Balaban J connectivity index is 1.84. The fourth-order valence-corrected chi connectivity index (χ4v) is 3.55. The molecule has 1 heterocycles. The Bertz CT molecular complexity index is 560. The molecule has 0 radical (unpaired) electrons. The van der Waals surface area contributed by atoms with Gasteiger partial charge >= 0.3 is 0 Å². The quantitative estimate of drug-likeness (QED) is 0.825. The van der Waals surface area contributed by atoms with Crippen LogP contribution >= 0.6 is 11.8 Å². The van der Waals surface area contributed by atoms with Crippen LogP contribution in [0.25, 0.3) is 0 Å². The Hall–Kier alpha value is -1.29. The summed E-state index contributed by atoms with van der Waals surface area (Å²) in [5.41, 5.74) is 2.78. The molecule has 1 saturated heterocycles. The Kier molecular flexibility index (Phi) is 5.90. The lowest BCUT2D eigenvalue weighted by Gasteiger charge is -2.20. The minimum Gasteiger partial charge on any atom is -0.342 e. The van der Waals surface area contributed by atoms with Gasteiger partial charge in [-0.25, -0.2) is 0 Å². The van der Waals surface area contributed by atoms with Crippen molar-refractivity contribution in [2.24, 2.45) is 5.92 Å². The van der Waals surface area contributed by atoms with Crippen LogP contribution in [0.2, 0.25) is 0 Å². The number of rotatable bonds is 5. The van der Waals surface area contributed by atoms with E-state index in [0.717, 1.165) is 25.3 Å². The van der Waals surface area contributed by atoms with Gasteiger partial charge in [-0.15, -0.1) is 0 Å². The summed E-state index contributed by atoms with van der Waals surface area (Å²) in [6, 6.07) is 8.72. The molecule has 0 saturated carbocycles. The minimum atomic E-state index is 0.134. The van der Waals surface area contributed by atoms with Gasteiger partial charge in [0.15, 0.2) is 5.12 Å². The van der Waals surface area contributed by atoms with Crippen LogP contribution in [0.1, 0.15) is 45.2 Å². The number of hydrogen-bond donors (Lipinski definition) is 0. The van der Waals surface area contributed by atoms with Crippen LogP contribution in [0.4, 0.5) is 0 Å². The Morgan fingerprint density at radius 3 is 2.48 bits per heavy atom. The summed E-state index contributed by atoms with van der Waals surface area (Å²) in [6.07, 6.45) is 1.48. The maximum Gasteiger partial charge on any atom is 0.222 e. The van der Waals surface area contributed by atoms with Gasteiger partial charge in [0.1, 0.15) is 0 Å². The molecule has 1 aliphatic rings. The van der Waals surface area contributed by atoms with E-state index in [1.807, 2.05) is 4.90 Å². The zero-order valence-electron chi connectivity index (χ0n) is 14.6. The molecular formula is C19H27NO2S. The highest BCUT2D eigenvalue weighted by Gasteiger charge is 2.29. The highest BCUT2D eigenvalue weighted by Crippen LogP contribution is 2.24. The van der Waals surface area contributed by atoms with Gasteiger partial charge in [-0.1, -0.05) is 56.8 Å². The van der Waals surface area contributed by atoms with Gasteiger partial charge in [0.2, 0.25) is 5.91 Å². The number of carbonyl (C=O) groups is 2. The van der Waals surface area contributed by atoms with E-state index in [-0.39, 0.29) is 16.4 Å². The number of thioether (sulfide) groups is 1. The third kappa shape index (κ3) is 5.38. The summed E-state index contributed by atoms with van der Waals surface area (Å²) >= 11 is 1.33. The standard InChI is InChI=1S/C19H27NO2S/c1-14(21)23-13-16-11-18(22)20(12-16)10-9-15-5-7-17(8-6-15)19(2,3)4/h5-8,16H,9-13H2,1-4H3. The number of benzene rings is 1. The van der Waals surface area contributed by atoms with Crippen LogP contribution in [0.5, 0.6) is 0 Å². The van der Waals surface area contributed by atoms with Crippen molar-refractivity contribution in [1.82, 2.24) is 4.90 Å². The first-order chi connectivity index (χ1) is 10.8. The number of carbonyl (C=O) groups excluding carboxylic acids is 2. The van der Waals surface area contributed by atoms with E-state index in [1.165, 1.54) is 22.9 Å². The Morgan fingerprint density at radius 2 is 1.91 bits per heavy atom. The average molecular weight is 333 g/mol. The van der Waals surface area contributed by atoms with E-state index in [1.54, 1.807) is 6.92 Å². The van der Waals surface area contributed by atoms with Crippen LogP contribution in [-0.2, 0) is 21.4 Å². The molecule has 1 aromatic rings. The summed E-state index contributed by atoms with van der Waals surface area (Å²) in [5, 5.41) is 0.134. The monoisotopic (exact) mass is 333 g/mol. The fourth-order valence-electron chi connectivity index (χ4n) is 2.85. The van der Waals surface area contributed by atoms with Crippen LogP contribution in [0.15, 0.2) is 24.3 Å². The van der Waals surface area contributed by atoms with E-state index in [4.69, 9.17) is 0 Å². The van der Waals surface area contributed by atoms with Crippen molar-refractivity contribution in [3.05, 3.63) is 35.4 Å². The predicted octanol–water partition coefficient (Wildman–Crippen LogP) is 3.65. The molecule has 1 fully saturated rings. The summed E-state index contributed by atoms with van der Waals surface area (Å²) in [4.78, 5) is 25.1. The Morgan fingerprint density at radius 1 is 1.26 bits per heavy atom. The largest absolute Gasteiger partial charge is 0.342 e. The molecule has 0 bridgehead atoms. The zero-order valence-corrected chi connectivity index (χ0v) is 15.4. The van der Waals surface area contributed by atoms with Gasteiger partial charge in [0.05, 0.1) is 0 Å². The molecule has 1 aliphatic heterocycles. The lowest BCUT2D eigenvalue weighted by Crippen LogP contribution is -2.27. The number of likely N-dealkylation sites (tertiary alicyclic amines) is 1. The summed E-state index contributed by atoms with van der Waals surface area (Å²) in [7, 11) is 0. The highest BCUT2D eigenvalue weighted by atomic mass is 32.2. The van der Waals surface area contributed by atoms with Crippen molar-refractivity contribution in [1.29, 1.82) is 0 Å². The molecule has 1 amide bonds. The average Bonchev–Trinajstić information content (AvgIpc) is 2.83. The first kappa shape index (κ1) is 18.1. The molecule has 1 aromatic carbocycles. The van der Waals surface area contributed by atoms with E-state index in [9.17, 15) is 9.59 Å². The number of hydrogen-bond acceptors (Lipinski definition) is 3. The van der Waals surface area contributed by atoms with Gasteiger partial charge in [-0.3, -0.25) is 9.59 Å². The Labute approximate surface area is 143 Å². The van der Waals surface area contributed by atoms with Crippen LogP contribution in [0.3, 0.4) is 0 Å². The molecule has 0 N–H and O–H groups in total. The first-order valence-corrected chi connectivity index (χ1v) is 9.25. The topological polar surface area (TPSA) is 37.4 Å². The number of amides is 1. The van der Waals surface area contributed by atoms with Crippen LogP contribution in [0, 0.1) is 5.92 Å². The molecule has 23 heavy (non-hydrogen) atoms. The molecular weight excluding hydrogens is 306 g/mol. The van der Waals surface area contributed by atoms with Crippen molar-refractivity contribution < 1.29 is 9.59 Å². The van der Waals surface area contributed by atoms with Gasteiger partial charge in [0.25, 0.3) is 0 Å². The van der Waals surface area contributed by atoms with Crippen molar-refractivity contribution in [2.45, 2.75) is 46.0 Å². The summed E-state index contributed by atoms with van der Waals surface area (Å²) in [5.74, 6) is 1.31. The normalized spacial score (nSPS) is 18.5. The van der Waals surface area contributed by atoms with Crippen molar-refractivity contribution in [3.63, 3.8) is 0 Å². The molecule has 0 spiro atoms. The maximum absolute atomic E-state index is 12.1. The first-order valence-electron chi connectivity index (χ1n) is 8.26. The zero-order chi connectivity index (χ0) is 17.0. The second-order valence-electron chi connectivity index (χ2n) is 7.41. The minimum absolute atomic E-state index is 0.134. The number of nitrogens with zero attached hydrogens (tertiary/aromatic N) is 1. The second-order valence-corrected chi connectivity index (χ2v) is 8.61. The molecule has 1 atom stereocenters. The molecule has 2 rings (SSSR count). The molecule has 126 valence electrons. The molecule has 0 aliphatic carbocycles. The third-order valence-electron chi connectivity index (χ3n) is 4.31. The highest BCUT2D eigenvalue weighted by molar-refractivity contribution is 8.13. The predicted molar refractivity (Wildman–Crippen MR) is 96.7 cm³/mol. The van der Waals surface area contributed by atoms with Gasteiger partial charge in [-0.2, -0.15) is 0 Å². The molecule has 4 heteroatoms. The second kappa shape index (κ2) is 7.52. The van der Waals surface area contributed by atoms with Crippen LogP contribution < -0.4 is 0 Å². The van der Waals surface area contributed by atoms with Crippen molar-refractivity contribution in [3.8, 4) is 0 Å². The molecule has 1 unspecified atom stereocenters. The smallest absolute Gasteiger partial charge is 0.222 e. The summed E-state index contributed by atoms with van der Waals surface area (Å²) < 4.78 is 0. The maximum atomic E-state index is 12.1. The van der Waals surface area contributed by atoms with Gasteiger partial charge < -0.3 is 4.90 Å². The van der Waals surface area contributed by atoms with Gasteiger partial charge in [0, 0.05) is 32.2 Å². The van der Waals surface area contributed by atoms with E-state index >= 15 is 0 Å². The molecule has 3 nitrogen and oxygen atoms in total. The lowest BCUT2D eigenvalue weighted by molar-refractivity contribution is -0.127. The molecule has 0 aromatic heterocycles. The van der Waals surface area contributed by atoms with Gasteiger partial charge in [-0.05, 0) is 28.9 Å². The van der Waals surface area contributed by atoms with Crippen molar-refractivity contribution >= 4 is 22.8 Å². The van der Waals surface area contributed by atoms with Crippen LogP contribution in [-0.4, -0.2) is 34.8 Å². The fraction of sp³-hybridized carbons (Fsp3) is 0.579. The van der Waals surface area contributed by atoms with E-state index in [0.29, 0.717) is 12.3 Å². The third-order valence-corrected chi connectivity index (χ3v) is 5.35. The van der Waals surface area contributed by atoms with E-state index < -0.39 is 0 Å². The lowest BCUT2D eigenvalue weighted by atomic mass is 9.86.